The molecule has 3 rings (SSSR count). The Labute approximate surface area is 180 Å². The standard InChI is InChI=1S/C20H21ClNO6PS/c1-3-27-29(24,28-4-2)20(14-13-19(23)17-7-5-6-8-18(17)20)22-30(25,26)16-11-9-15(21)10-12-16/h5-14,22H,3-4H2,1-2H3. The molecule has 2 aromatic carbocycles. The molecular weight excluding hydrogens is 449 g/mol. The molecule has 0 fully saturated rings. The minimum Gasteiger partial charge on any atom is -0.307 e. The van der Waals surface area contributed by atoms with E-state index in [2.05, 4.69) is 4.72 Å². The molecule has 0 saturated heterocycles. The molecule has 0 amide bonds. The molecule has 0 saturated carbocycles. The smallest absolute Gasteiger partial charge is 0.307 e. The number of hydrogen-bond acceptors (Lipinski definition) is 6. The lowest BCUT2D eigenvalue weighted by Crippen LogP contribution is -2.47. The van der Waals surface area contributed by atoms with Gasteiger partial charge in [0.2, 0.25) is 10.0 Å². The van der Waals surface area contributed by atoms with E-state index in [-0.39, 0.29) is 35.0 Å². The highest BCUT2D eigenvalue weighted by molar-refractivity contribution is 7.90. The Bertz CT molecular complexity index is 1120. The van der Waals surface area contributed by atoms with Gasteiger partial charge in [-0.15, -0.1) is 0 Å². The molecule has 1 atom stereocenters. The third-order valence-corrected chi connectivity index (χ3v) is 8.97. The average molecular weight is 470 g/mol. The Hall–Kier alpha value is -1.80. The Morgan fingerprint density at radius 3 is 2.23 bits per heavy atom. The molecule has 0 spiro atoms. The zero-order chi connectivity index (χ0) is 22.0. The molecule has 1 aliphatic rings. The van der Waals surface area contributed by atoms with Crippen molar-refractivity contribution in [3.63, 3.8) is 0 Å². The van der Waals surface area contributed by atoms with Crippen LogP contribution in [0.3, 0.4) is 0 Å². The number of hydrogen-bond donors (Lipinski definition) is 1. The summed E-state index contributed by atoms with van der Waals surface area (Å²) in [5, 5.41) is -1.56. The van der Waals surface area contributed by atoms with E-state index in [1.54, 1.807) is 26.0 Å². The maximum atomic E-state index is 14.0. The molecule has 0 aliphatic heterocycles. The second-order valence-corrected chi connectivity index (χ2v) is 10.7. The predicted molar refractivity (Wildman–Crippen MR) is 114 cm³/mol. The summed E-state index contributed by atoms with van der Waals surface area (Å²) in [6.45, 7) is 3.25. The zero-order valence-corrected chi connectivity index (χ0v) is 18.8. The number of carbonyl (C=O) groups is 1. The molecule has 0 radical (unpaired) electrons. The Morgan fingerprint density at radius 2 is 1.63 bits per heavy atom. The third kappa shape index (κ3) is 4.04. The molecular formula is C20H21ClNO6PS. The van der Waals surface area contributed by atoms with Crippen LogP contribution in [0.1, 0.15) is 29.8 Å². The summed E-state index contributed by atoms with van der Waals surface area (Å²) in [5.41, 5.74) is 0.402. The van der Waals surface area contributed by atoms with Crippen molar-refractivity contribution < 1.29 is 26.8 Å². The van der Waals surface area contributed by atoms with E-state index in [9.17, 15) is 17.8 Å². The molecule has 2 aromatic rings. The van der Waals surface area contributed by atoms with E-state index >= 15 is 0 Å². The number of carbonyl (C=O) groups excluding carboxylic acids is 1. The summed E-state index contributed by atoms with van der Waals surface area (Å²) in [6.07, 6.45) is 2.43. The maximum absolute atomic E-state index is 14.0. The van der Waals surface area contributed by atoms with Gasteiger partial charge in [0.15, 0.2) is 11.1 Å². The summed E-state index contributed by atoms with van der Waals surface area (Å²) in [4.78, 5) is 12.3. The predicted octanol–water partition coefficient (Wildman–Crippen LogP) is 4.49. The van der Waals surface area contributed by atoms with E-state index in [4.69, 9.17) is 20.6 Å². The van der Waals surface area contributed by atoms with Crippen LogP contribution in [0.4, 0.5) is 0 Å². The lowest BCUT2D eigenvalue weighted by molar-refractivity contribution is 0.104. The molecule has 0 aromatic heterocycles. The number of allylic oxidation sites excluding steroid dienone is 1. The second-order valence-electron chi connectivity index (χ2n) is 6.40. The van der Waals surface area contributed by atoms with Gasteiger partial charge < -0.3 is 9.05 Å². The van der Waals surface area contributed by atoms with Crippen LogP contribution in [0, 0.1) is 0 Å². The molecule has 1 N–H and O–H groups in total. The van der Waals surface area contributed by atoms with Crippen LogP contribution in [0.15, 0.2) is 65.6 Å². The molecule has 0 bridgehead atoms. The first-order valence-corrected chi connectivity index (χ1v) is 12.6. The van der Waals surface area contributed by atoms with Gasteiger partial charge in [0.25, 0.3) is 0 Å². The van der Waals surface area contributed by atoms with Crippen molar-refractivity contribution in [1.82, 2.24) is 4.72 Å². The van der Waals surface area contributed by atoms with Gasteiger partial charge in [0.05, 0.1) is 18.1 Å². The van der Waals surface area contributed by atoms with Crippen molar-refractivity contribution >= 4 is 35.0 Å². The minimum atomic E-state index is -4.22. The first-order chi connectivity index (χ1) is 14.2. The van der Waals surface area contributed by atoms with Gasteiger partial charge >= 0.3 is 7.60 Å². The largest absolute Gasteiger partial charge is 0.360 e. The fraction of sp³-hybridized carbons (Fsp3) is 0.250. The van der Waals surface area contributed by atoms with Crippen LogP contribution in [-0.2, 0) is 28.9 Å². The van der Waals surface area contributed by atoms with Gasteiger partial charge in [0.1, 0.15) is 0 Å². The third-order valence-electron chi connectivity index (χ3n) is 4.52. The number of sulfonamides is 1. The van der Waals surface area contributed by atoms with E-state index in [1.165, 1.54) is 48.6 Å². The Balaban J connectivity index is 2.26. The van der Waals surface area contributed by atoms with E-state index < -0.39 is 22.9 Å². The van der Waals surface area contributed by atoms with Crippen molar-refractivity contribution in [3.8, 4) is 0 Å². The first kappa shape index (κ1) is 22.9. The van der Waals surface area contributed by atoms with E-state index in [0.29, 0.717) is 5.02 Å². The number of rotatable bonds is 8. The Morgan fingerprint density at radius 1 is 1.03 bits per heavy atom. The van der Waals surface area contributed by atoms with Crippen LogP contribution in [-0.4, -0.2) is 27.4 Å². The fourth-order valence-corrected chi connectivity index (χ4v) is 7.29. The number of benzene rings is 2. The van der Waals surface area contributed by atoms with Crippen molar-refractivity contribution in [2.45, 2.75) is 24.0 Å². The van der Waals surface area contributed by atoms with Crippen molar-refractivity contribution in [2.24, 2.45) is 0 Å². The molecule has 0 heterocycles. The summed E-state index contributed by atoms with van der Waals surface area (Å²) in [5.74, 6) is -0.341. The number of halogens is 1. The first-order valence-electron chi connectivity index (χ1n) is 9.21. The monoisotopic (exact) mass is 469 g/mol. The minimum absolute atomic E-state index is 0.00561. The number of nitrogens with one attached hydrogen (secondary N) is 1. The average Bonchev–Trinajstić information content (AvgIpc) is 2.71. The molecule has 30 heavy (non-hydrogen) atoms. The lowest BCUT2D eigenvalue weighted by Gasteiger charge is -2.39. The van der Waals surface area contributed by atoms with Crippen LogP contribution >= 0.6 is 19.2 Å². The summed E-state index contributed by atoms with van der Waals surface area (Å²) < 4.78 is 54.0. The second kappa shape index (κ2) is 8.75. The number of fused-ring (bicyclic) bond motifs is 1. The van der Waals surface area contributed by atoms with Crippen LogP contribution in [0.5, 0.6) is 0 Å². The van der Waals surface area contributed by atoms with Crippen LogP contribution < -0.4 is 4.72 Å². The summed E-state index contributed by atoms with van der Waals surface area (Å²) >= 11 is 5.87. The molecule has 10 heteroatoms. The van der Waals surface area contributed by atoms with Gasteiger partial charge in [-0.25, -0.2) is 8.42 Å². The van der Waals surface area contributed by atoms with E-state index in [0.717, 1.165) is 0 Å². The quantitative estimate of drug-likeness (QED) is 0.572. The fourth-order valence-electron chi connectivity index (χ4n) is 3.25. The van der Waals surface area contributed by atoms with Crippen molar-refractivity contribution in [3.05, 3.63) is 76.8 Å². The summed E-state index contributed by atoms with van der Waals surface area (Å²) in [6, 6.07) is 11.9. The van der Waals surface area contributed by atoms with Gasteiger partial charge in [-0.3, -0.25) is 9.36 Å². The molecule has 160 valence electrons. The molecule has 1 unspecified atom stereocenters. The van der Waals surface area contributed by atoms with Gasteiger partial charge in [0, 0.05) is 16.1 Å². The van der Waals surface area contributed by atoms with Crippen molar-refractivity contribution in [2.75, 3.05) is 13.2 Å². The SMILES string of the molecule is CCOP(=O)(OCC)C1(NS(=O)(=O)c2ccc(Cl)cc2)C=CC(=O)c2ccccc21. The van der Waals surface area contributed by atoms with Crippen molar-refractivity contribution in [1.29, 1.82) is 0 Å². The highest BCUT2D eigenvalue weighted by atomic mass is 35.5. The Kier molecular flexibility index (Phi) is 6.67. The zero-order valence-electron chi connectivity index (χ0n) is 16.4. The van der Waals surface area contributed by atoms with Gasteiger partial charge in [-0.2, -0.15) is 4.72 Å². The molecule has 1 aliphatic carbocycles. The van der Waals surface area contributed by atoms with Crippen LogP contribution in [0.25, 0.3) is 0 Å². The number of ketones is 1. The van der Waals surface area contributed by atoms with E-state index in [1.807, 2.05) is 0 Å². The maximum Gasteiger partial charge on any atom is 0.360 e. The topological polar surface area (TPSA) is 98.8 Å². The van der Waals surface area contributed by atoms with Gasteiger partial charge in [-0.1, -0.05) is 35.9 Å². The summed E-state index contributed by atoms with van der Waals surface area (Å²) in [7, 11) is -8.38. The highest BCUT2D eigenvalue weighted by Gasteiger charge is 2.55. The highest BCUT2D eigenvalue weighted by Crippen LogP contribution is 2.65. The van der Waals surface area contributed by atoms with Gasteiger partial charge in [-0.05, 0) is 50.3 Å². The lowest BCUT2D eigenvalue weighted by atomic mass is 9.92. The molecule has 7 nitrogen and oxygen atoms in total. The normalized spacial score (nSPS) is 19.0. The van der Waals surface area contributed by atoms with Crippen LogP contribution in [0.2, 0.25) is 5.02 Å².